The van der Waals surface area contributed by atoms with Gasteiger partial charge in [0.15, 0.2) is 12.4 Å². The Labute approximate surface area is 293 Å². The third kappa shape index (κ3) is 13.3. The molecule has 7 N–H and O–H groups in total. The number of aliphatic hydroxyl groups is 1. The molecule has 1 atom stereocenters. The van der Waals surface area contributed by atoms with Crippen LogP contribution in [0.2, 0.25) is 0 Å². The quantitative estimate of drug-likeness (QED) is 0.0624. The van der Waals surface area contributed by atoms with Gasteiger partial charge in [-0.1, -0.05) is 12.1 Å². The fourth-order valence-corrected chi connectivity index (χ4v) is 6.96. The lowest BCUT2D eigenvalue weighted by Gasteiger charge is -2.29. The Balaban J connectivity index is 1.14. The number of carbonyl (C=O) groups excluding carboxylic acids is 3. The van der Waals surface area contributed by atoms with Gasteiger partial charge in [0.25, 0.3) is 11.0 Å². The molecule has 284 valence electrons. The highest BCUT2D eigenvalue weighted by atomic mass is 31.2. The normalized spacial score (nSPS) is 14.8. The van der Waals surface area contributed by atoms with E-state index in [0.717, 1.165) is 0 Å². The number of halogens is 1. The minimum atomic E-state index is -5.53. The molecule has 2 amide bonds. The van der Waals surface area contributed by atoms with Crippen molar-refractivity contribution in [1.82, 2.24) is 10.6 Å². The van der Waals surface area contributed by atoms with Gasteiger partial charge in [-0.3, -0.25) is 23.5 Å². The highest BCUT2D eigenvalue weighted by molar-refractivity contribution is 7.72. The van der Waals surface area contributed by atoms with Gasteiger partial charge in [-0.05, 0) is 42.7 Å². The van der Waals surface area contributed by atoms with Crippen LogP contribution in [0.5, 0.6) is 11.5 Å². The molecule has 0 spiro atoms. The average Bonchev–Trinajstić information content (AvgIpc) is 3.07. The van der Waals surface area contributed by atoms with E-state index >= 15 is 0 Å². The molecule has 51 heavy (non-hydrogen) atoms. The molecule has 0 saturated carbocycles. The molecule has 1 heterocycles. The molecular weight excluding hydrogens is 721 g/mol. The van der Waals surface area contributed by atoms with E-state index in [1.807, 2.05) is 0 Å². The number of benzene rings is 2. The molecule has 17 nitrogen and oxygen atoms in total. The summed E-state index contributed by atoms with van der Waals surface area (Å²) in [6.45, 7) is 1.54. The van der Waals surface area contributed by atoms with Crippen molar-refractivity contribution < 1.29 is 76.3 Å². The van der Waals surface area contributed by atoms with Gasteiger partial charge in [0.2, 0.25) is 5.91 Å². The van der Waals surface area contributed by atoms with Crippen LogP contribution in [0.4, 0.5) is 4.39 Å². The van der Waals surface area contributed by atoms with Crippen LogP contribution in [-0.2, 0) is 32.9 Å². The average molecular weight is 765 g/mol. The molecule has 0 aliphatic carbocycles. The maximum atomic E-state index is 13.2. The predicted octanol–water partition coefficient (Wildman–Crippen LogP) is 1.41. The summed E-state index contributed by atoms with van der Waals surface area (Å²) in [6.07, 6.45) is -0.703. The number of hydrogen-bond donors (Lipinski definition) is 7. The van der Waals surface area contributed by atoms with Crippen molar-refractivity contribution in [3.8, 4) is 11.5 Å². The van der Waals surface area contributed by atoms with Crippen LogP contribution in [0.3, 0.4) is 0 Å². The highest BCUT2D eigenvalue weighted by Crippen LogP contribution is 2.69. The lowest BCUT2D eigenvalue weighted by Crippen LogP contribution is -2.31. The fourth-order valence-electron chi connectivity index (χ4n) is 4.71. The standard InChI is InChI=1S/C31H43FN2O15P2/c32-23-5-3-22(4-6-23)26-20-49-27-19-24(7-8-25(27)30(26)37)48-21-29(36)34-12-2-13-45-15-17-47-18-16-46-14-9-28(35)33-11-1-10-31(38,50(39,40)41)51(42,43)44/h3-8,19,26,38H,1-2,9-18,20-21H2,(H,33,35)(H,34,36)(H2,39,40,41)(H2,42,43,44). The first-order valence-corrected chi connectivity index (χ1v) is 19.1. The van der Waals surface area contributed by atoms with E-state index in [4.69, 9.17) is 43.3 Å². The van der Waals surface area contributed by atoms with Crippen LogP contribution in [0.15, 0.2) is 42.5 Å². The summed E-state index contributed by atoms with van der Waals surface area (Å²) in [7, 11) is -11.1. The smallest absolute Gasteiger partial charge is 0.369 e. The molecule has 0 bridgehead atoms. The summed E-state index contributed by atoms with van der Waals surface area (Å²) in [5, 5.41) is 11.4. The van der Waals surface area contributed by atoms with Gasteiger partial charge < -0.3 is 59.0 Å². The van der Waals surface area contributed by atoms with Gasteiger partial charge in [0.05, 0.1) is 44.5 Å². The van der Waals surface area contributed by atoms with Crippen molar-refractivity contribution >= 4 is 32.8 Å². The molecule has 1 aliphatic heterocycles. The summed E-state index contributed by atoms with van der Waals surface area (Å²) in [5.41, 5.74) is 1.05. The van der Waals surface area contributed by atoms with Crippen molar-refractivity contribution in [2.45, 2.75) is 36.7 Å². The van der Waals surface area contributed by atoms with Gasteiger partial charge in [0.1, 0.15) is 23.9 Å². The Bertz CT molecular complexity index is 1530. The second-order valence-corrected chi connectivity index (χ2v) is 15.3. The summed E-state index contributed by atoms with van der Waals surface area (Å²) in [5.74, 6) is -1.15. The third-order valence-corrected chi connectivity index (χ3v) is 11.4. The number of ketones is 1. The van der Waals surface area contributed by atoms with Crippen molar-refractivity contribution in [3.05, 3.63) is 59.4 Å². The minimum absolute atomic E-state index is 0.0421. The van der Waals surface area contributed by atoms with E-state index < -0.39 is 38.5 Å². The molecule has 2 aromatic rings. The van der Waals surface area contributed by atoms with Crippen molar-refractivity contribution in [2.75, 3.05) is 65.9 Å². The molecule has 0 aromatic heterocycles. The maximum Gasteiger partial charge on any atom is 0.369 e. The number of Topliss-reactive ketones (excluding diaryl/α,β-unsaturated/α-hetero) is 1. The number of amides is 2. The van der Waals surface area contributed by atoms with E-state index in [2.05, 4.69) is 10.6 Å². The van der Waals surface area contributed by atoms with Crippen molar-refractivity contribution in [1.29, 1.82) is 0 Å². The highest BCUT2D eigenvalue weighted by Gasteiger charge is 2.58. The molecule has 20 heteroatoms. The van der Waals surface area contributed by atoms with Crippen LogP contribution in [-0.4, -0.2) is 113 Å². The van der Waals surface area contributed by atoms with Gasteiger partial charge in [0, 0.05) is 38.6 Å². The van der Waals surface area contributed by atoms with Gasteiger partial charge >= 0.3 is 15.2 Å². The van der Waals surface area contributed by atoms with Crippen molar-refractivity contribution in [2.24, 2.45) is 0 Å². The Morgan fingerprint density at radius 1 is 0.843 bits per heavy atom. The molecule has 0 radical (unpaired) electrons. The zero-order valence-electron chi connectivity index (χ0n) is 27.6. The van der Waals surface area contributed by atoms with E-state index in [-0.39, 0.29) is 69.9 Å². The molecule has 1 aliphatic rings. The maximum absolute atomic E-state index is 13.2. The lowest BCUT2D eigenvalue weighted by molar-refractivity contribution is -0.123. The molecule has 0 saturated heterocycles. The Morgan fingerprint density at radius 3 is 2.08 bits per heavy atom. The largest absolute Gasteiger partial charge is 0.492 e. The fraction of sp³-hybridized carbons (Fsp3) is 0.516. The summed E-state index contributed by atoms with van der Waals surface area (Å²) in [6, 6.07) is 10.4. The second kappa shape index (κ2) is 20.1. The van der Waals surface area contributed by atoms with E-state index in [1.165, 1.54) is 12.1 Å². The first-order valence-electron chi connectivity index (χ1n) is 15.9. The third-order valence-electron chi connectivity index (χ3n) is 7.53. The topological polar surface area (TPSA) is 257 Å². The summed E-state index contributed by atoms with van der Waals surface area (Å²) < 4.78 is 63.3. The minimum Gasteiger partial charge on any atom is -0.492 e. The van der Waals surface area contributed by atoms with E-state index in [9.17, 15) is 33.0 Å². The predicted molar refractivity (Wildman–Crippen MR) is 177 cm³/mol. The number of hydrogen-bond acceptors (Lipinski definition) is 11. The summed E-state index contributed by atoms with van der Waals surface area (Å²) in [4.78, 5) is 73.3. The first kappa shape index (κ1) is 42.1. The molecular formula is C31H43FN2O15P2. The van der Waals surface area contributed by atoms with Crippen LogP contribution in [0.25, 0.3) is 0 Å². The second-order valence-electron chi connectivity index (χ2n) is 11.3. The summed E-state index contributed by atoms with van der Waals surface area (Å²) >= 11 is 0. The lowest BCUT2D eigenvalue weighted by atomic mass is 9.89. The number of fused-ring (bicyclic) bond motifs is 1. The van der Waals surface area contributed by atoms with E-state index in [1.54, 1.807) is 30.3 Å². The molecule has 2 aromatic carbocycles. The Hall–Kier alpha value is -3.28. The zero-order chi connectivity index (χ0) is 37.5. The first-order chi connectivity index (χ1) is 24.1. The molecule has 1 unspecified atom stereocenters. The Morgan fingerprint density at radius 2 is 1.43 bits per heavy atom. The van der Waals surface area contributed by atoms with Gasteiger partial charge in [-0.2, -0.15) is 0 Å². The monoisotopic (exact) mass is 764 g/mol. The number of nitrogens with one attached hydrogen (secondary N) is 2. The van der Waals surface area contributed by atoms with Crippen LogP contribution in [0, 0.1) is 5.82 Å². The SMILES string of the molecule is O=C(CCOCCOCCOCCCNC(=O)COc1ccc2c(c1)OCC(c1ccc(F)cc1)C2=O)NCCCC(O)(P(=O)(O)O)P(=O)(O)O. The van der Waals surface area contributed by atoms with Crippen LogP contribution < -0.4 is 20.1 Å². The Kier molecular flexibility index (Phi) is 16.6. The zero-order valence-corrected chi connectivity index (χ0v) is 29.4. The van der Waals surface area contributed by atoms with Crippen molar-refractivity contribution in [3.63, 3.8) is 0 Å². The number of ether oxygens (including phenoxy) is 5. The van der Waals surface area contributed by atoms with Gasteiger partial charge in [-0.15, -0.1) is 0 Å². The van der Waals surface area contributed by atoms with E-state index in [0.29, 0.717) is 55.4 Å². The van der Waals surface area contributed by atoms with Crippen LogP contribution >= 0.6 is 15.2 Å². The number of rotatable bonds is 23. The number of carbonyl (C=O) groups is 3. The van der Waals surface area contributed by atoms with Gasteiger partial charge in [-0.25, -0.2) is 4.39 Å². The molecule has 0 fully saturated rings. The molecule has 3 rings (SSSR count). The van der Waals surface area contributed by atoms with Crippen LogP contribution in [0.1, 0.15) is 47.5 Å².